The normalized spacial score (nSPS) is 11.8. The number of para-hydroxylation sites is 3. The second kappa shape index (κ2) is 13.1. The summed E-state index contributed by atoms with van der Waals surface area (Å²) in [6.45, 7) is 0. The topological polar surface area (TPSA) is 43.6 Å². The summed E-state index contributed by atoms with van der Waals surface area (Å²) < 4.78 is 4.78. The smallest absolute Gasteiger partial charge is 0.235 e. The number of hydrogen-bond acceptors (Lipinski definition) is 4. The summed E-state index contributed by atoms with van der Waals surface area (Å²) in [5.74, 6) is 0.642. The highest BCUT2D eigenvalue weighted by Crippen LogP contribution is 2.45. The van der Waals surface area contributed by atoms with E-state index in [1.807, 2.05) is 17.4 Å². The maximum Gasteiger partial charge on any atom is 0.235 e. The van der Waals surface area contributed by atoms with Crippen LogP contribution in [0.5, 0.6) is 0 Å². The van der Waals surface area contributed by atoms with Gasteiger partial charge in [0.1, 0.15) is 0 Å². The molecule has 0 bridgehead atoms. The number of thiophene rings is 1. The van der Waals surface area contributed by atoms with E-state index >= 15 is 0 Å². The fourth-order valence-electron chi connectivity index (χ4n) is 8.78. The fraction of sp³-hybridized carbons (Fsp3) is 0. The molecule has 12 rings (SSSR count). The predicted octanol–water partition coefficient (Wildman–Crippen LogP) is 14.3. The van der Waals surface area contributed by atoms with Crippen molar-refractivity contribution in [3.05, 3.63) is 194 Å². The van der Waals surface area contributed by atoms with Crippen molar-refractivity contribution in [3.63, 3.8) is 0 Å². The van der Waals surface area contributed by atoms with E-state index < -0.39 is 0 Å². The molecule has 270 valence electrons. The van der Waals surface area contributed by atoms with Crippen LogP contribution < -0.4 is 0 Å². The van der Waals surface area contributed by atoms with Crippen molar-refractivity contribution in [2.24, 2.45) is 0 Å². The number of nitrogens with zero attached hydrogens (tertiary/aromatic N) is 4. The van der Waals surface area contributed by atoms with Gasteiger partial charge in [0.25, 0.3) is 0 Å². The van der Waals surface area contributed by atoms with Gasteiger partial charge in [-0.15, -0.1) is 11.3 Å². The van der Waals surface area contributed by atoms with Gasteiger partial charge in [-0.1, -0.05) is 164 Å². The second-order valence-corrected chi connectivity index (χ2v) is 15.8. The van der Waals surface area contributed by atoms with E-state index in [9.17, 15) is 0 Å². The van der Waals surface area contributed by atoms with E-state index in [0.29, 0.717) is 5.95 Å². The zero-order valence-electron chi connectivity index (χ0n) is 31.2. The van der Waals surface area contributed by atoms with Crippen LogP contribution >= 0.6 is 11.3 Å². The molecule has 0 fully saturated rings. The van der Waals surface area contributed by atoms with Crippen LogP contribution in [0.3, 0.4) is 0 Å². The van der Waals surface area contributed by atoms with Gasteiger partial charge in [-0.3, -0.25) is 4.57 Å². The summed E-state index contributed by atoms with van der Waals surface area (Å²) in [6, 6.07) is 68.8. The lowest BCUT2D eigenvalue weighted by Gasteiger charge is -2.15. The zero-order chi connectivity index (χ0) is 38.2. The minimum Gasteiger partial charge on any atom is -0.278 e. The number of fused-ring (bicyclic) bond motifs is 10. The molecule has 0 N–H and O–H groups in total. The largest absolute Gasteiger partial charge is 0.278 e. The lowest BCUT2D eigenvalue weighted by atomic mass is 9.93. The molecule has 4 heterocycles. The Balaban J connectivity index is 1.06. The minimum absolute atomic E-state index is 0.642. The van der Waals surface area contributed by atoms with Gasteiger partial charge in [0, 0.05) is 69.4 Å². The van der Waals surface area contributed by atoms with Gasteiger partial charge in [0.2, 0.25) is 5.95 Å². The van der Waals surface area contributed by atoms with E-state index in [4.69, 9.17) is 15.0 Å². The van der Waals surface area contributed by atoms with Crippen LogP contribution in [0.25, 0.3) is 115 Å². The number of rotatable bonds is 5. The average Bonchev–Trinajstić information content (AvgIpc) is 3.85. The molecule has 0 aliphatic carbocycles. The molecular formula is C53H32N4S. The number of pyridine rings is 1. The molecule has 58 heavy (non-hydrogen) atoms. The minimum atomic E-state index is 0.642. The third-order valence-electron chi connectivity index (χ3n) is 11.4. The molecule has 0 saturated heterocycles. The molecular weight excluding hydrogens is 725 g/mol. The summed E-state index contributed by atoms with van der Waals surface area (Å²) in [4.78, 5) is 16.0. The van der Waals surface area contributed by atoms with E-state index in [1.54, 1.807) is 0 Å². The summed E-state index contributed by atoms with van der Waals surface area (Å²) >= 11 is 1.85. The molecule has 4 aromatic heterocycles. The van der Waals surface area contributed by atoms with Crippen molar-refractivity contribution in [1.82, 2.24) is 19.5 Å². The molecule has 5 heteroatoms. The highest BCUT2D eigenvalue weighted by molar-refractivity contribution is 7.26. The first-order valence-electron chi connectivity index (χ1n) is 19.5. The molecule has 0 aliphatic heterocycles. The Bertz CT molecular complexity index is 3500. The van der Waals surface area contributed by atoms with Gasteiger partial charge in [-0.2, -0.15) is 0 Å². The van der Waals surface area contributed by atoms with E-state index in [2.05, 4.69) is 193 Å². The number of hydrogen-bond donors (Lipinski definition) is 0. The lowest BCUT2D eigenvalue weighted by molar-refractivity contribution is 0.995. The van der Waals surface area contributed by atoms with Crippen LogP contribution in [0.1, 0.15) is 0 Å². The third-order valence-corrected chi connectivity index (χ3v) is 12.6. The van der Waals surface area contributed by atoms with Crippen molar-refractivity contribution >= 4 is 75.0 Å². The quantitative estimate of drug-likeness (QED) is 0.164. The molecule has 0 unspecified atom stereocenters. The molecule has 0 spiro atoms. The summed E-state index contributed by atoms with van der Waals surface area (Å²) in [6.07, 6.45) is 0. The first-order chi connectivity index (χ1) is 28.8. The van der Waals surface area contributed by atoms with Crippen molar-refractivity contribution in [2.45, 2.75) is 0 Å². The third kappa shape index (κ3) is 5.11. The van der Waals surface area contributed by atoms with Crippen LogP contribution in [0.15, 0.2) is 194 Å². The monoisotopic (exact) mass is 756 g/mol. The molecule has 0 radical (unpaired) electrons. The van der Waals surface area contributed by atoms with Gasteiger partial charge >= 0.3 is 0 Å². The first kappa shape index (κ1) is 32.7. The maximum absolute atomic E-state index is 5.52. The van der Waals surface area contributed by atoms with Crippen LogP contribution in [-0.2, 0) is 0 Å². The Hall–Kier alpha value is -7.47. The number of aromatic nitrogens is 4. The van der Waals surface area contributed by atoms with Crippen LogP contribution in [-0.4, -0.2) is 19.5 Å². The van der Waals surface area contributed by atoms with E-state index in [-0.39, 0.29) is 0 Å². The Morgan fingerprint density at radius 1 is 0.362 bits per heavy atom. The second-order valence-electron chi connectivity index (χ2n) is 14.7. The lowest BCUT2D eigenvalue weighted by Crippen LogP contribution is -2.03. The van der Waals surface area contributed by atoms with Gasteiger partial charge < -0.3 is 0 Å². The fourth-order valence-corrected chi connectivity index (χ4v) is 9.89. The molecule has 0 atom stereocenters. The zero-order valence-corrected chi connectivity index (χ0v) is 32.0. The summed E-state index contributed by atoms with van der Waals surface area (Å²) in [7, 11) is 0. The Morgan fingerprint density at radius 2 is 0.931 bits per heavy atom. The van der Waals surface area contributed by atoms with Crippen molar-refractivity contribution in [3.8, 4) is 50.8 Å². The SMILES string of the molecule is c1ccc(-c2cc(-c3ccc(-c4cccc5c4nc(-c4ccccc4)c4ccc6sc7ccccc7c6c45)cc3)nc(-n3c4ccccc4c4ccccc43)n2)cc1. The molecule has 0 aliphatic rings. The van der Waals surface area contributed by atoms with Gasteiger partial charge in [-0.05, 0) is 35.9 Å². The van der Waals surface area contributed by atoms with Crippen molar-refractivity contribution in [2.75, 3.05) is 0 Å². The summed E-state index contributed by atoms with van der Waals surface area (Å²) in [5.41, 5.74) is 11.2. The maximum atomic E-state index is 5.52. The van der Waals surface area contributed by atoms with Gasteiger partial charge in [0.05, 0.1) is 33.6 Å². The molecule has 12 aromatic rings. The molecule has 0 amide bonds. The van der Waals surface area contributed by atoms with Gasteiger partial charge in [0.15, 0.2) is 0 Å². The molecule has 8 aromatic carbocycles. The summed E-state index contributed by atoms with van der Waals surface area (Å²) in [5, 5.41) is 8.52. The van der Waals surface area contributed by atoms with Gasteiger partial charge in [-0.25, -0.2) is 15.0 Å². The van der Waals surface area contributed by atoms with E-state index in [0.717, 1.165) is 66.8 Å². The Kier molecular flexibility index (Phi) is 7.37. The standard InChI is InChI=1S/C53H32N4S/c1-3-14-34(15-4-1)43-32-44(55-53(54-43)57-45-23-10-7-18-38(45)39-19-8-11-24-46(39)57)35-28-26-33(27-29-35)37-21-13-22-41-49-42(51(56-52(37)41)36-16-5-2-6-17-36)30-31-48-50(49)40-20-9-12-25-47(40)58-48/h1-32H. The van der Waals surface area contributed by atoms with Crippen LogP contribution in [0.2, 0.25) is 0 Å². The van der Waals surface area contributed by atoms with Crippen molar-refractivity contribution in [1.29, 1.82) is 0 Å². The first-order valence-corrected chi connectivity index (χ1v) is 20.3. The van der Waals surface area contributed by atoms with E-state index in [1.165, 1.54) is 41.7 Å². The predicted molar refractivity (Wildman–Crippen MR) is 244 cm³/mol. The van der Waals surface area contributed by atoms with Crippen molar-refractivity contribution < 1.29 is 0 Å². The highest BCUT2D eigenvalue weighted by Gasteiger charge is 2.20. The molecule has 0 saturated carbocycles. The van der Waals surface area contributed by atoms with Crippen LogP contribution in [0.4, 0.5) is 0 Å². The molecule has 4 nitrogen and oxygen atoms in total. The average molecular weight is 757 g/mol. The Morgan fingerprint density at radius 3 is 1.64 bits per heavy atom. The highest BCUT2D eigenvalue weighted by atomic mass is 32.1. The Labute approximate surface area is 338 Å². The number of benzene rings is 8. The van der Waals surface area contributed by atoms with Crippen LogP contribution in [0, 0.1) is 0 Å².